The fraction of sp³-hybridized carbons (Fsp3) is 0.375. The first-order valence-corrected chi connectivity index (χ1v) is 4.63. The van der Waals surface area contributed by atoms with E-state index in [1.807, 2.05) is 0 Å². The van der Waals surface area contributed by atoms with Gasteiger partial charge in [-0.25, -0.2) is 9.59 Å². The highest BCUT2D eigenvalue weighted by molar-refractivity contribution is 5.69. The summed E-state index contributed by atoms with van der Waals surface area (Å²) in [6, 6.07) is 0.0956. The SMILES string of the molecule is O=c1[nH]c(=O)c2c([nH]1)[nH]c(=O)n2C1CC1. The van der Waals surface area contributed by atoms with Crippen LogP contribution in [0.3, 0.4) is 0 Å². The molecule has 7 heteroatoms. The summed E-state index contributed by atoms with van der Waals surface area (Å²) in [5.41, 5.74) is -1.07. The molecule has 3 rings (SSSR count). The topological polar surface area (TPSA) is 104 Å². The summed E-state index contributed by atoms with van der Waals surface area (Å²) in [4.78, 5) is 40.9. The summed E-state index contributed by atoms with van der Waals surface area (Å²) >= 11 is 0. The molecule has 1 aliphatic carbocycles. The van der Waals surface area contributed by atoms with Crippen LogP contribution in [-0.2, 0) is 0 Å². The highest BCUT2D eigenvalue weighted by atomic mass is 16.2. The smallest absolute Gasteiger partial charge is 0.292 e. The second kappa shape index (κ2) is 2.50. The van der Waals surface area contributed by atoms with E-state index < -0.39 is 11.2 Å². The predicted molar refractivity (Wildman–Crippen MR) is 52.1 cm³/mol. The number of nitrogens with one attached hydrogen (secondary N) is 3. The van der Waals surface area contributed by atoms with Gasteiger partial charge in [-0.1, -0.05) is 0 Å². The Kier molecular flexibility index (Phi) is 1.38. The van der Waals surface area contributed by atoms with E-state index >= 15 is 0 Å². The van der Waals surface area contributed by atoms with Crippen molar-refractivity contribution in [2.45, 2.75) is 18.9 Å². The molecule has 1 aliphatic rings. The van der Waals surface area contributed by atoms with Crippen molar-refractivity contribution in [1.82, 2.24) is 19.5 Å². The molecule has 0 amide bonds. The van der Waals surface area contributed by atoms with Gasteiger partial charge in [0, 0.05) is 6.04 Å². The van der Waals surface area contributed by atoms with Gasteiger partial charge in [-0.3, -0.25) is 24.3 Å². The summed E-state index contributed by atoms with van der Waals surface area (Å²) in [5.74, 6) is 0. The first-order chi connectivity index (χ1) is 7.16. The van der Waals surface area contributed by atoms with Gasteiger partial charge in [0.25, 0.3) is 5.56 Å². The molecule has 2 aromatic heterocycles. The molecule has 15 heavy (non-hydrogen) atoms. The van der Waals surface area contributed by atoms with Crippen LogP contribution in [0, 0.1) is 0 Å². The van der Waals surface area contributed by atoms with Crippen LogP contribution >= 0.6 is 0 Å². The Bertz CT molecular complexity index is 697. The van der Waals surface area contributed by atoms with Gasteiger partial charge < -0.3 is 0 Å². The van der Waals surface area contributed by atoms with E-state index in [9.17, 15) is 14.4 Å². The van der Waals surface area contributed by atoms with Crippen molar-refractivity contribution in [3.8, 4) is 0 Å². The molecular formula is C8H8N4O3. The third-order valence-corrected chi connectivity index (χ3v) is 2.52. The van der Waals surface area contributed by atoms with E-state index in [1.165, 1.54) is 4.57 Å². The zero-order valence-corrected chi connectivity index (χ0v) is 7.66. The lowest BCUT2D eigenvalue weighted by Crippen LogP contribution is -2.24. The molecule has 2 heterocycles. The number of H-pyrrole nitrogens is 3. The molecule has 0 unspecified atom stereocenters. The molecule has 0 aliphatic heterocycles. The van der Waals surface area contributed by atoms with Crippen molar-refractivity contribution in [1.29, 1.82) is 0 Å². The second-order valence-corrected chi connectivity index (χ2v) is 3.66. The van der Waals surface area contributed by atoms with Gasteiger partial charge in [-0.2, -0.15) is 0 Å². The Morgan fingerprint density at radius 1 is 1.07 bits per heavy atom. The summed E-state index contributed by atoms with van der Waals surface area (Å²) < 4.78 is 1.41. The Morgan fingerprint density at radius 2 is 1.80 bits per heavy atom. The van der Waals surface area contributed by atoms with Gasteiger partial charge >= 0.3 is 11.4 Å². The molecule has 78 valence electrons. The van der Waals surface area contributed by atoms with Gasteiger partial charge in [0.2, 0.25) is 0 Å². The van der Waals surface area contributed by atoms with E-state index in [2.05, 4.69) is 15.0 Å². The average molecular weight is 208 g/mol. The summed E-state index contributed by atoms with van der Waals surface area (Å²) in [6.45, 7) is 0. The normalized spacial score (nSPS) is 16.0. The molecule has 0 spiro atoms. The van der Waals surface area contributed by atoms with Crippen LogP contribution in [0.5, 0.6) is 0 Å². The third kappa shape index (κ3) is 1.09. The molecule has 1 saturated carbocycles. The Balaban J connectivity index is 2.54. The maximum absolute atomic E-state index is 11.5. The minimum absolute atomic E-state index is 0.0956. The summed E-state index contributed by atoms with van der Waals surface area (Å²) in [5, 5.41) is 0. The average Bonchev–Trinajstić information content (AvgIpc) is 2.89. The molecular weight excluding hydrogens is 200 g/mol. The molecule has 0 aromatic carbocycles. The van der Waals surface area contributed by atoms with E-state index in [1.54, 1.807) is 0 Å². The molecule has 3 N–H and O–H groups in total. The third-order valence-electron chi connectivity index (χ3n) is 2.52. The van der Waals surface area contributed by atoms with Crippen LogP contribution in [0.15, 0.2) is 14.4 Å². The highest BCUT2D eigenvalue weighted by Crippen LogP contribution is 2.34. The number of rotatable bonds is 1. The summed E-state index contributed by atoms with van der Waals surface area (Å²) in [6.07, 6.45) is 1.79. The maximum Gasteiger partial charge on any atom is 0.328 e. The maximum atomic E-state index is 11.5. The van der Waals surface area contributed by atoms with Crippen molar-refractivity contribution >= 4 is 11.2 Å². The second-order valence-electron chi connectivity index (χ2n) is 3.66. The number of hydrogen-bond donors (Lipinski definition) is 3. The number of nitrogens with zero attached hydrogens (tertiary/aromatic N) is 1. The molecule has 0 atom stereocenters. The molecule has 2 aromatic rings. The van der Waals surface area contributed by atoms with E-state index in [0.29, 0.717) is 0 Å². The molecule has 0 bridgehead atoms. The lowest BCUT2D eigenvalue weighted by Gasteiger charge is -1.96. The zero-order chi connectivity index (χ0) is 10.6. The summed E-state index contributed by atoms with van der Waals surface area (Å²) in [7, 11) is 0. The molecule has 0 radical (unpaired) electrons. The molecule has 0 saturated heterocycles. The van der Waals surface area contributed by atoms with Crippen LogP contribution in [0.25, 0.3) is 11.2 Å². The van der Waals surface area contributed by atoms with Crippen LogP contribution in [0.4, 0.5) is 0 Å². The lowest BCUT2D eigenvalue weighted by atomic mass is 10.5. The lowest BCUT2D eigenvalue weighted by molar-refractivity contribution is 0.730. The van der Waals surface area contributed by atoms with Crippen molar-refractivity contribution in [3.05, 3.63) is 31.3 Å². The minimum Gasteiger partial charge on any atom is -0.292 e. The fourth-order valence-corrected chi connectivity index (χ4v) is 1.75. The van der Waals surface area contributed by atoms with Crippen molar-refractivity contribution < 1.29 is 0 Å². The Hall–Kier alpha value is -2.05. The van der Waals surface area contributed by atoms with Gasteiger partial charge in [0.15, 0.2) is 5.52 Å². The highest BCUT2D eigenvalue weighted by Gasteiger charge is 2.28. The van der Waals surface area contributed by atoms with Gasteiger partial charge in [0.05, 0.1) is 0 Å². The van der Waals surface area contributed by atoms with Crippen LogP contribution < -0.4 is 16.9 Å². The molecule has 1 fully saturated rings. The van der Waals surface area contributed by atoms with Gasteiger partial charge in [0.1, 0.15) is 5.65 Å². The van der Waals surface area contributed by atoms with Crippen molar-refractivity contribution in [2.75, 3.05) is 0 Å². The minimum atomic E-state index is -0.614. The van der Waals surface area contributed by atoms with Crippen molar-refractivity contribution in [2.24, 2.45) is 0 Å². The number of aromatic amines is 3. The molecule has 7 nitrogen and oxygen atoms in total. The predicted octanol–water partition coefficient (Wildman–Crippen LogP) is -0.959. The van der Waals surface area contributed by atoms with Gasteiger partial charge in [-0.15, -0.1) is 0 Å². The Labute approximate surface area is 81.8 Å². The van der Waals surface area contributed by atoms with E-state index in [4.69, 9.17) is 0 Å². The van der Waals surface area contributed by atoms with E-state index in [-0.39, 0.29) is 22.9 Å². The number of aromatic nitrogens is 4. The number of hydrogen-bond acceptors (Lipinski definition) is 3. The van der Waals surface area contributed by atoms with Crippen LogP contribution in [0.1, 0.15) is 18.9 Å². The van der Waals surface area contributed by atoms with Gasteiger partial charge in [-0.05, 0) is 12.8 Å². The van der Waals surface area contributed by atoms with E-state index in [0.717, 1.165) is 12.8 Å². The fourth-order valence-electron chi connectivity index (χ4n) is 1.75. The van der Waals surface area contributed by atoms with Crippen molar-refractivity contribution in [3.63, 3.8) is 0 Å². The first-order valence-electron chi connectivity index (χ1n) is 4.63. The standard InChI is InChI=1S/C8H8N4O3/c13-6-4-5(9-7(14)11-6)10-8(15)12(4)3-1-2-3/h3H,1-2H2,(H3,9,10,11,13,14,15). The monoisotopic (exact) mass is 208 g/mol. The quantitative estimate of drug-likeness (QED) is 0.562. The number of fused-ring (bicyclic) bond motifs is 1. The largest absolute Gasteiger partial charge is 0.328 e. The Morgan fingerprint density at radius 3 is 2.47 bits per heavy atom. The van der Waals surface area contributed by atoms with Crippen LogP contribution in [0.2, 0.25) is 0 Å². The first kappa shape index (κ1) is 8.27. The zero-order valence-electron chi connectivity index (χ0n) is 7.66. The van der Waals surface area contributed by atoms with Crippen LogP contribution in [-0.4, -0.2) is 19.5 Å². The number of imidazole rings is 1.